The molecule has 3 aliphatic rings. The number of aliphatic imine (C=N–C) groups is 1. The van der Waals surface area contributed by atoms with E-state index in [4.69, 9.17) is 4.99 Å². The van der Waals surface area contributed by atoms with E-state index in [0.29, 0.717) is 11.3 Å². The Balaban J connectivity index is 0.00000272. The molecule has 2 saturated heterocycles. The number of nitrogens with zero attached hydrogens (tertiary/aromatic N) is 5. The Morgan fingerprint density at radius 1 is 1.16 bits per heavy atom. The van der Waals surface area contributed by atoms with E-state index >= 15 is 0 Å². The molecule has 31 heavy (non-hydrogen) atoms. The Morgan fingerprint density at radius 2 is 1.94 bits per heavy atom. The number of aromatic nitrogens is 1. The molecule has 0 radical (unpaired) electrons. The molecule has 0 unspecified atom stereocenters. The van der Waals surface area contributed by atoms with Gasteiger partial charge in [-0.3, -0.25) is 0 Å². The van der Waals surface area contributed by atoms with Crippen molar-refractivity contribution in [1.82, 2.24) is 20.1 Å². The first-order valence-electron chi connectivity index (χ1n) is 11.7. The second-order valence-electron chi connectivity index (χ2n) is 9.00. The number of likely N-dealkylation sites (N-methyl/N-ethyl adjacent to an activating group) is 1. The number of nitrogens with one attached hydrogen (secondary N) is 1. The van der Waals surface area contributed by atoms with E-state index in [1.807, 2.05) is 6.20 Å². The lowest BCUT2D eigenvalue weighted by atomic mass is 9.87. The van der Waals surface area contributed by atoms with Gasteiger partial charge >= 0.3 is 0 Å². The van der Waals surface area contributed by atoms with Gasteiger partial charge in [0.1, 0.15) is 5.82 Å². The Labute approximate surface area is 209 Å². The number of rotatable bonds is 4. The number of pyridine rings is 1. The SMILES string of the molecule is CCNC(=NCc1ccnc(N2CCN(C)CC2)c1)N1CCSC2(CCCCC2)C1.I. The summed E-state index contributed by atoms with van der Waals surface area (Å²) in [5.74, 6) is 3.39. The lowest BCUT2D eigenvalue weighted by Crippen LogP contribution is -2.53. The van der Waals surface area contributed by atoms with E-state index < -0.39 is 0 Å². The summed E-state index contributed by atoms with van der Waals surface area (Å²) in [6.07, 6.45) is 8.87. The summed E-state index contributed by atoms with van der Waals surface area (Å²) in [6, 6.07) is 4.34. The van der Waals surface area contributed by atoms with Crippen LogP contribution in [0.3, 0.4) is 0 Å². The van der Waals surface area contributed by atoms with Crippen LogP contribution in [-0.4, -0.2) is 84.1 Å². The first kappa shape index (κ1) is 24.9. The van der Waals surface area contributed by atoms with Gasteiger partial charge in [0.05, 0.1) is 6.54 Å². The molecule has 1 N–H and O–H groups in total. The Kier molecular flexibility index (Phi) is 9.58. The Morgan fingerprint density at radius 3 is 2.68 bits per heavy atom. The molecule has 6 nitrogen and oxygen atoms in total. The third-order valence-corrected chi connectivity index (χ3v) is 8.23. The van der Waals surface area contributed by atoms with Crippen LogP contribution < -0.4 is 10.2 Å². The summed E-state index contributed by atoms with van der Waals surface area (Å²) in [6.45, 7) is 10.3. The van der Waals surface area contributed by atoms with E-state index in [1.54, 1.807) is 0 Å². The van der Waals surface area contributed by atoms with E-state index in [-0.39, 0.29) is 24.0 Å². The third-order valence-electron chi connectivity index (χ3n) is 6.70. The normalized spacial score (nSPS) is 22.3. The summed E-state index contributed by atoms with van der Waals surface area (Å²) in [5.41, 5.74) is 1.24. The maximum Gasteiger partial charge on any atom is 0.194 e. The fourth-order valence-corrected chi connectivity index (χ4v) is 6.45. The van der Waals surface area contributed by atoms with Gasteiger partial charge < -0.3 is 20.0 Å². The van der Waals surface area contributed by atoms with Crippen LogP contribution in [0, 0.1) is 0 Å². The van der Waals surface area contributed by atoms with Crippen molar-refractivity contribution in [1.29, 1.82) is 0 Å². The average Bonchev–Trinajstić information content (AvgIpc) is 2.78. The van der Waals surface area contributed by atoms with Gasteiger partial charge in [-0.05, 0) is 44.5 Å². The van der Waals surface area contributed by atoms with Gasteiger partial charge in [-0.2, -0.15) is 11.8 Å². The van der Waals surface area contributed by atoms with Gasteiger partial charge in [-0.1, -0.05) is 19.3 Å². The van der Waals surface area contributed by atoms with Crippen LogP contribution in [0.1, 0.15) is 44.6 Å². The standard InChI is InChI=1S/C23H38N6S.HI/c1-3-24-22(29-15-16-30-23(19-29)8-5-4-6-9-23)26-18-20-7-10-25-21(17-20)28-13-11-27(2)12-14-28;/h7,10,17H,3-6,8-9,11-16,18-19H2,1-2H3,(H,24,26);1H. The molecule has 1 spiro atoms. The minimum atomic E-state index is 0. The number of halogens is 1. The first-order chi connectivity index (χ1) is 14.7. The largest absolute Gasteiger partial charge is 0.357 e. The highest BCUT2D eigenvalue weighted by Crippen LogP contribution is 2.42. The molecule has 3 fully saturated rings. The predicted octanol–water partition coefficient (Wildman–Crippen LogP) is 3.67. The minimum Gasteiger partial charge on any atom is -0.357 e. The zero-order chi connectivity index (χ0) is 20.8. The van der Waals surface area contributed by atoms with E-state index in [9.17, 15) is 0 Å². The second-order valence-corrected chi connectivity index (χ2v) is 10.6. The highest BCUT2D eigenvalue weighted by atomic mass is 127. The summed E-state index contributed by atoms with van der Waals surface area (Å²) in [7, 11) is 2.19. The molecule has 1 saturated carbocycles. The number of guanidine groups is 1. The highest BCUT2D eigenvalue weighted by molar-refractivity contribution is 14.0. The van der Waals surface area contributed by atoms with Crippen LogP contribution >= 0.6 is 35.7 Å². The molecule has 0 aromatic carbocycles. The zero-order valence-corrected chi connectivity index (χ0v) is 22.3. The number of piperazine rings is 1. The van der Waals surface area contributed by atoms with Gasteiger partial charge in [-0.25, -0.2) is 9.98 Å². The van der Waals surface area contributed by atoms with Gasteiger partial charge in [0.15, 0.2) is 5.96 Å². The van der Waals surface area contributed by atoms with Gasteiger partial charge in [0.25, 0.3) is 0 Å². The maximum absolute atomic E-state index is 5.05. The molecule has 2 aliphatic heterocycles. The number of thioether (sulfide) groups is 1. The van der Waals surface area contributed by atoms with Crippen molar-refractivity contribution < 1.29 is 0 Å². The molecule has 8 heteroatoms. The van der Waals surface area contributed by atoms with Crippen molar-refractivity contribution in [3.63, 3.8) is 0 Å². The molecule has 4 rings (SSSR count). The average molecular weight is 559 g/mol. The van der Waals surface area contributed by atoms with Gasteiger partial charge in [-0.15, -0.1) is 24.0 Å². The van der Waals surface area contributed by atoms with Crippen LogP contribution in [0.4, 0.5) is 5.82 Å². The van der Waals surface area contributed by atoms with E-state index in [0.717, 1.165) is 57.6 Å². The van der Waals surface area contributed by atoms with Crippen molar-refractivity contribution in [3.8, 4) is 0 Å². The Bertz CT molecular complexity index is 710. The van der Waals surface area contributed by atoms with Crippen molar-refractivity contribution in [2.45, 2.75) is 50.3 Å². The maximum atomic E-state index is 5.05. The zero-order valence-electron chi connectivity index (χ0n) is 19.2. The lowest BCUT2D eigenvalue weighted by molar-refractivity contribution is 0.293. The molecule has 0 bridgehead atoms. The molecule has 1 aromatic rings. The molecular weight excluding hydrogens is 519 g/mol. The summed E-state index contributed by atoms with van der Waals surface area (Å²) in [5, 5.41) is 3.56. The van der Waals surface area contributed by atoms with Crippen molar-refractivity contribution in [2.24, 2.45) is 4.99 Å². The molecule has 1 aromatic heterocycles. The second kappa shape index (κ2) is 11.9. The molecule has 0 atom stereocenters. The van der Waals surface area contributed by atoms with Gasteiger partial charge in [0.2, 0.25) is 0 Å². The van der Waals surface area contributed by atoms with Crippen LogP contribution in [0.2, 0.25) is 0 Å². The van der Waals surface area contributed by atoms with Crippen molar-refractivity contribution >= 4 is 47.5 Å². The monoisotopic (exact) mass is 558 g/mol. The number of anilines is 1. The fraction of sp³-hybridized carbons (Fsp3) is 0.739. The van der Waals surface area contributed by atoms with E-state index in [1.165, 1.54) is 43.4 Å². The summed E-state index contributed by atoms with van der Waals surface area (Å²) in [4.78, 5) is 17.0. The highest BCUT2D eigenvalue weighted by Gasteiger charge is 2.38. The van der Waals surface area contributed by atoms with E-state index in [2.05, 4.69) is 62.9 Å². The Hall–Kier alpha value is -0.740. The smallest absolute Gasteiger partial charge is 0.194 e. The van der Waals surface area contributed by atoms with Gasteiger partial charge in [0, 0.05) is 62.5 Å². The third kappa shape index (κ3) is 6.63. The van der Waals surface area contributed by atoms with Crippen LogP contribution in [0.15, 0.2) is 23.3 Å². The molecule has 0 amide bonds. The number of hydrogen-bond acceptors (Lipinski definition) is 5. The fourth-order valence-electron chi connectivity index (χ4n) is 4.88. The van der Waals surface area contributed by atoms with Crippen LogP contribution in [0.5, 0.6) is 0 Å². The van der Waals surface area contributed by atoms with Crippen LogP contribution in [-0.2, 0) is 6.54 Å². The topological polar surface area (TPSA) is 47.0 Å². The lowest BCUT2D eigenvalue weighted by Gasteiger charge is -2.45. The van der Waals surface area contributed by atoms with Crippen LogP contribution in [0.25, 0.3) is 0 Å². The molecule has 174 valence electrons. The molecule has 1 aliphatic carbocycles. The summed E-state index contributed by atoms with van der Waals surface area (Å²) >= 11 is 2.22. The predicted molar refractivity (Wildman–Crippen MR) is 144 cm³/mol. The first-order valence-corrected chi connectivity index (χ1v) is 12.7. The minimum absolute atomic E-state index is 0. The number of hydrogen-bond donors (Lipinski definition) is 1. The quantitative estimate of drug-likeness (QED) is 0.346. The van der Waals surface area contributed by atoms with Crippen molar-refractivity contribution in [3.05, 3.63) is 23.9 Å². The summed E-state index contributed by atoms with van der Waals surface area (Å²) < 4.78 is 0.456. The molecule has 3 heterocycles. The van der Waals surface area contributed by atoms with Crippen molar-refractivity contribution in [2.75, 3.05) is 63.5 Å². The molecular formula is C23H39IN6S.